The summed E-state index contributed by atoms with van der Waals surface area (Å²) in [7, 11) is 0. The molecule has 0 heterocycles. The lowest BCUT2D eigenvalue weighted by Gasteiger charge is -2.05. The van der Waals surface area contributed by atoms with Gasteiger partial charge in [-0.2, -0.15) is 0 Å². The molecule has 0 heteroatoms. The normalized spacial score (nSPS) is 11.4. The van der Waals surface area contributed by atoms with Crippen LogP contribution in [0.4, 0.5) is 0 Å². The summed E-state index contributed by atoms with van der Waals surface area (Å²) in [5, 5.41) is 0. The third-order valence-electron chi connectivity index (χ3n) is 9.16. The molecule has 0 saturated carbocycles. The maximum Gasteiger partial charge on any atom is -0.0279 e. The van der Waals surface area contributed by atoms with Crippen molar-refractivity contribution in [2.75, 3.05) is 0 Å². The first kappa shape index (κ1) is 37.2. The third-order valence-corrected chi connectivity index (χ3v) is 9.16. The van der Waals surface area contributed by atoms with E-state index < -0.39 is 0 Å². The molecule has 0 nitrogen and oxygen atoms in total. The summed E-state index contributed by atoms with van der Waals surface area (Å²) in [6.45, 7) is 2.31. The van der Waals surface area contributed by atoms with Crippen molar-refractivity contribution in [3.05, 3.63) is 35.9 Å². The number of hydrogen-bond donors (Lipinski definition) is 0. The molecule has 0 unspecified atom stereocenters. The molecule has 0 atom stereocenters. The van der Waals surface area contributed by atoms with Crippen LogP contribution in [0.15, 0.2) is 30.3 Å². The van der Waals surface area contributed by atoms with Gasteiger partial charge in [-0.1, -0.05) is 236 Å². The minimum absolute atomic E-state index is 1.26. The predicted molar refractivity (Wildman–Crippen MR) is 184 cm³/mol. The van der Waals surface area contributed by atoms with Crippen LogP contribution in [0.2, 0.25) is 0 Å². The van der Waals surface area contributed by atoms with Crippen molar-refractivity contribution in [2.24, 2.45) is 0 Å². The Bertz CT molecular complexity index is 561. The van der Waals surface area contributed by atoms with E-state index in [-0.39, 0.29) is 0 Å². The third kappa shape index (κ3) is 28.7. The van der Waals surface area contributed by atoms with Crippen molar-refractivity contribution in [2.45, 2.75) is 219 Å². The van der Waals surface area contributed by atoms with Crippen LogP contribution in [0, 0.1) is 0 Å². The van der Waals surface area contributed by atoms with Gasteiger partial charge in [-0.15, -0.1) is 0 Å². The van der Waals surface area contributed by atoms with E-state index in [1.165, 1.54) is 217 Å². The van der Waals surface area contributed by atoms with Crippen molar-refractivity contribution in [1.82, 2.24) is 0 Å². The number of rotatable bonds is 33. The van der Waals surface area contributed by atoms with Crippen molar-refractivity contribution in [1.29, 1.82) is 0 Å². The lowest BCUT2D eigenvalue weighted by atomic mass is 10.0. The van der Waals surface area contributed by atoms with Crippen LogP contribution in [0.1, 0.15) is 218 Å². The number of benzene rings is 1. The molecular weight excluding hydrogens is 480 g/mol. The molecule has 0 aliphatic rings. The van der Waals surface area contributed by atoms with Crippen molar-refractivity contribution in [3.63, 3.8) is 0 Å². The topological polar surface area (TPSA) is 0 Å². The Morgan fingerprint density at radius 3 is 0.750 bits per heavy atom. The first-order chi connectivity index (χ1) is 19.9. The minimum atomic E-state index is 1.26. The molecule has 0 aliphatic heterocycles. The Labute approximate surface area is 254 Å². The standard InChI is InChI=1S/C40H74/c1-2-3-4-5-6-7-8-9-10-11-12-13-14-15-16-17-18-19-20-21-22-23-24-25-26-27-28-29-30-31-32-34-37-40-38-35-33-36-39-40/h33,35-36,38-39H,2-32,34,37H2,1H3. The van der Waals surface area contributed by atoms with Crippen LogP contribution in [-0.2, 0) is 6.42 Å². The summed E-state index contributed by atoms with van der Waals surface area (Å²) < 4.78 is 0. The van der Waals surface area contributed by atoms with Crippen LogP contribution in [-0.4, -0.2) is 0 Å². The van der Waals surface area contributed by atoms with E-state index in [1.54, 1.807) is 0 Å². The number of hydrogen-bond acceptors (Lipinski definition) is 0. The van der Waals surface area contributed by atoms with E-state index in [2.05, 4.69) is 37.3 Å². The van der Waals surface area contributed by atoms with Gasteiger partial charge in [0.2, 0.25) is 0 Å². The van der Waals surface area contributed by atoms with E-state index >= 15 is 0 Å². The van der Waals surface area contributed by atoms with Crippen LogP contribution < -0.4 is 0 Å². The van der Waals surface area contributed by atoms with Gasteiger partial charge in [0.25, 0.3) is 0 Å². The second kappa shape index (κ2) is 32.7. The highest BCUT2D eigenvalue weighted by Gasteiger charge is 1.97. The van der Waals surface area contributed by atoms with Crippen molar-refractivity contribution in [3.8, 4) is 0 Å². The number of aryl methyl sites for hydroxylation is 1. The molecule has 1 aromatic rings. The maximum atomic E-state index is 2.31. The molecule has 0 N–H and O–H groups in total. The summed E-state index contributed by atoms with van der Waals surface area (Å²) in [5.41, 5.74) is 1.51. The lowest BCUT2D eigenvalue weighted by Crippen LogP contribution is -1.86. The van der Waals surface area contributed by atoms with Crippen LogP contribution in [0.25, 0.3) is 0 Å². The van der Waals surface area contributed by atoms with Gasteiger partial charge in [0.05, 0.1) is 0 Å². The zero-order valence-corrected chi connectivity index (χ0v) is 27.7. The largest absolute Gasteiger partial charge is 0.0654 e. The summed E-state index contributed by atoms with van der Waals surface area (Å²) in [6.07, 6.45) is 48.4. The highest BCUT2D eigenvalue weighted by Crippen LogP contribution is 2.17. The van der Waals surface area contributed by atoms with Gasteiger partial charge in [0.15, 0.2) is 0 Å². The summed E-state index contributed by atoms with van der Waals surface area (Å²) in [5.74, 6) is 0. The fourth-order valence-corrected chi connectivity index (χ4v) is 6.35. The highest BCUT2D eigenvalue weighted by molar-refractivity contribution is 5.14. The summed E-state index contributed by atoms with van der Waals surface area (Å²) in [4.78, 5) is 0. The zero-order chi connectivity index (χ0) is 28.4. The van der Waals surface area contributed by atoms with Crippen molar-refractivity contribution < 1.29 is 0 Å². The molecule has 0 aliphatic carbocycles. The van der Waals surface area contributed by atoms with E-state index in [0.29, 0.717) is 0 Å². The molecule has 0 saturated heterocycles. The van der Waals surface area contributed by atoms with Crippen LogP contribution >= 0.6 is 0 Å². The average Bonchev–Trinajstić information content (AvgIpc) is 2.98. The molecule has 0 amide bonds. The van der Waals surface area contributed by atoms with E-state index in [9.17, 15) is 0 Å². The van der Waals surface area contributed by atoms with Gasteiger partial charge < -0.3 is 0 Å². The molecule has 1 aromatic carbocycles. The SMILES string of the molecule is CCCCCCCCCCCCCCCCCCCCCCCCCCCCCCCCCCc1ccccc1. The quantitative estimate of drug-likeness (QED) is 0.0758. The second-order valence-electron chi connectivity index (χ2n) is 13.2. The predicted octanol–water partition coefficient (Wildman–Crippen LogP) is 14.7. The second-order valence-corrected chi connectivity index (χ2v) is 13.2. The molecule has 1 rings (SSSR count). The Morgan fingerprint density at radius 2 is 0.500 bits per heavy atom. The maximum absolute atomic E-state index is 2.31. The van der Waals surface area contributed by atoms with Gasteiger partial charge in [-0.05, 0) is 18.4 Å². The number of unbranched alkanes of at least 4 members (excludes halogenated alkanes) is 31. The minimum Gasteiger partial charge on any atom is -0.0654 e. The smallest absolute Gasteiger partial charge is 0.0279 e. The summed E-state index contributed by atoms with van der Waals surface area (Å²) in [6, 6.07) is 11.0. The molecule has 0 bridgehead atoms. The zero-order valence-electron chi connectivity index (χ0n) is 27.7. The molecule has 0 spiro atoms. The monoisotopic (exact) mass is 555 g/mol. The van der Waals surface area contributed by atoms with E-state index in [0.717, 1.165) is 0 Å². The van der Waals surface area contributed by atoms with Gasteiger partial charge >= 0.3 is 0 Å². The van der Waals surface area contributed by atoms with Crippen molar-refractivity contribution >= 4 is 0 Å². The Balaban J connectivity index is 1.62. The Hall–Kier alpha value is -0.780. The summed E-state index contributed by atoms with van der Waals surface area (Å²) >= 11 is 0. The first-order valence-corrected chi connectivity index (χ1v) is 19.0. The molecule has 40 heavy (non-hydrogen) atoms. The highest BCUT2D eigenvalue weighted by atomic mass is 14.0. The van der Waals surface area contributed by atoms with Gasteiger partial charge in [-0.25, -0.2) is 0 Å². The lowest BCUT2D eigenvalue weighted by molar-refractivity contribution is 0.512. The Kier molecular flexibility index (Phi) is 30.5. The molecule has 234 valence electrons. The van der Waals surface area contributed by atoms with E-state index in [4.69, 9.17) is 0 Å². The molecule has 0 aromatic heterocycles. The molecule has 0 fully saturated rings. The Morgan fingerprint density at radius 1 is 0.275 bits per heavy atom. The fraction of sp³-hybridized carbons (Fsp3) is 0.850. The molecular formula is C40H74. The average molecular weight is 555 g/mol. The van der Waals surface area contributed by atoms with Crippen LogP contribution in [0.3, 0.4) is 0 Å². The first-order valence-electron chi connectivity index (χ1n) is 19.0. The fourth-order valence-electron chi connectivity index (χ4n) is 6.35. The van der Waals surface area contributed by atoms with E-state index in [1.807, 2.05) is 0 Å². The van der Waals surface area contributed by atoms with Gasteiger partial charge in [0, 0.05) is 0 Å². The van der Waals surface area contributed by atoms with Gasteiger partial charge in [0.1, 0.15) is 0 Å². The van der Waals surface area contributed by atoms with Gasteiger partial charge in [-0.3, -0.25) is 0 Å². The molecule has 0 radical (unpaired) electrons. The van der Waals surface area contributed by atoms with Crippen LogP contribution in [0.5, 0.6) is 0 Å².